The maximum absolute atomic E-state index is 12.4. The second-order valence-electron chi connectivity index (χ2n) is 7.51. The molecule has 0 saturated carbocycles. The number of halogens is 1. The van der Waals surface area contributed by atoms with E-state index in [0.717, 1.165) is 37.1 Å². The number of likely N-dealkylation sites (N-methyl/N-ethyl adjacent to an activating group) is 1. The number of pyridine rings is 1. The lowest BCUT2D eigenvalue weighted by Crippen LogP contribution is -2.48. The van der Waals surface area contributed by atoms with Gasteiger partial charge in [-0.3, -0.25) is 14.3 Å². The van der Waals surface area contributed by atoms with Crippen molar-refractivity contribution in [3.05, 3.63) is 59.5 Å². The number of amides is 2. The van der Waals surface area contributed by atoms with Crippen LogP contribution in [0.3, 0.4) is 0 Å². The molecule has 0 bridgehead atoms. The minimum atomic E-state index is -0.307. The van der Waals surface area contributed by atoms with Gasteiger partial charge in [0.2, 0.25) is 11.8 Å². The molecule has 0 spiro atoms. The highest BCUT2D eigenvalue weighted by Gasteiger charge is 2.19. The monoisotopic (exact) mass is 438 g/mol. The molecule has 160 valence electrons. The van der Waals surface area contributed by atoms with Crippen LogP contribution >= 0.6 is 11.6 Å². The summed E-state index contributed by atoms with van der Waals surface area (Å²) in [5.41, 5.74) is 1.94. The van der Waals surface area contributed by atoms with Crippen LogP contribution in [0.25, 0.3) is 17.0 Å². The Morgan fingerprint density at radius 1 is 1.16 bits per heavy atom. The molecule has 1 aliphatic heterocycles. The summed E-state index contributed by atoms with van der Waals surface area (Å²) in [6, 6.07) is 9.26. The standard InChI is InChI=1S/C22H23ClN6O2/c1-27-8-10-28(11-9-27)22(31)15-29-14-19(13-24-29)26-21(30)7-6-18-5-3-16-2-4-17(23)12-20(16)25-18/h2-7,12-14H,8-11,15H2,1H3,(H,26,30)/b7-6+. The summed E-state index contributed by atoms with van der Waals surface area (Å²) in [6.45, 7) is 3.34. The Kier molecular flexibility index (Phi) is 6.29. The van der Waals surface area contributed by atoms with Gasteiger partial charge >= 0.3 is 0 Å². The molecule has 1 aromatic carbocycles. The number of nitrogens with zero attached hydrogens (tertiary/aromatic N) is 5. The molecule has 8 nitrogen and oxygen atoms in total. The first-order chi connectivity index (χ1) is 15.0. The molecular weight excluding hydrogens is 416 g/mol. The second kappa shape index (κ2) is 9.28. The van der Waals surface area contributed by atoms with E-state index >= 15 is 0 Å². The van der Waals surface area contributed by atoms with Gasteiger partial charge in [-0.25, -0.2) is 4.98 Å². The molecule has 0 unspecified atom stereocenters. The van der Waals surface area contributed by atoms with Gasteiger partial charge < -0.3 is 15.1 Å². The third-order valence-electron chi connectivity index (χ3n) is 5.14. The molecule has 2 amide bonds. The van der Waals surface area contributed by atoms with Crippen molar-refractivity contribution in [1.29, 1.82) is 0 Å². The lowest BCUT2D eigenvalue weighted by atomic mass is 10.2. The number of aromatic nitrogens is 3. The van der Waals surface area contributed by atoms with Crippen LogP contribution in [0.15, 0.2) is 48.8 Å². The number of rotatable bonds is 5. The fourth-order valence-electron chi connectivity index (χ4n) is 3.35. The lowest BCUT2D eigenvalue weighted by molar-refractivity contribution is -0.133. The molecule has 3 heterocycles. The molecule has 31 heavy (non-hydrogen) atoms. The summed E-state index contributed by atoms with van der Waals surface area (Å²) < 4.78 is 1.54. The van der Waals surface area contributed by atoms with E-state index < -0.39 is 0 Å². The Labute approximate surface area is 185 Å². The minimum Gasteiger partial charge on any atom is -0.339 e. The Hall–Kier alpha value is -3.23. The Morgan fingerprint density at radius 2 is 1.94 bits per heavy atom. The first-order valence-electron chi connectivity index (χ1n) is 10.0. The number of fused-ring (bicyclic) bond motifs is 1. The number of hydrogen-bond donors (Lipinski definition) is 1. The molecule has 0 atom stereocenters. The van der Waals surface area contributed by atoms with Crippen molar-refractivity contribution in [2.45, 2.75) is 6.54 Å². The van der Waals surface area contributed by atoms with E-state index in [2.05, 4.69) is 20.3 Å². The maximum atomic E-state index is 12.4. The largest absolute Gasteiger partial charge is 0.339 e. The Balaban J connectivity index is 1.33. The summed E-state index contributed by atoms with van der Waals surface area (Å²) in [5.74, 6) is -0.283. The number of carbonyl (C=O) groups is 2. The highest BCUT2D eigenvalue weighted by atomic mass is 35.5. The number of carbonyl (C=O) groups excluding carboxylic acids is 2. The molecule has 1 N–H and O–H groups in total. The molecule has 1 saturated heterocycles. The van der Waals surface area contributed by atoms with Gasteiger partial charge in [-0.1, -0.05) is 23.7 Å². The van der Waals surface area contributed by atoms with Gasteiger partial charge in [-0.15, -0.1) is 0 Å². The molecule has 1 fully saturated rings. The van der Waals surface area contributed by atoms with Gasteiger partial charge in [0.1, 0.15) is 6.54 Å². The zero-order valence-corrected chi connectivity index (χ0v) is 17.9. The van der Waals surface area contributed by atoms with Crippen molar-refractivity contribution in [2.24, 2.45) is 0 Å². The highest BCUT2D eigenvalue weighted by Crippen LogP contribution is 2.18. The smallest absolute Gasteiger partial charge is 0.248 e. The van der Waals surface area contributed by atoms with Gasteiger partial charge in [0, 0.05) is 48.9 Å². The summed E-state index contributed by atoms with van der Waals surface area (Å²) in [7, 11) is 2.05. The number of anilines is 1. The summed E-state index contributed by atoms with van der Waals surface area (Å²) >= 11 is 6.02. The third-order valence-corrected chi connectivity index (χ3v) is 5.37. The molecule has 3 aromatic rings. The SMILES string of the molecule is CN1CCN(C(=O)Cn2cc(NC(=O)/C=C/c3ccc4ccc(Cl)cc4n3)cn2)CC1. The van der Waals surface area contributed by atoms with E-state index in [1.165, 1.54) is 17.0 Å². The molecular formula is C22H23ClN6O2. The second-order valence-corrected chi connectivity index (χ2v) is 7.94. The van der Waals surface area contributed by atoms with Crippen LogP contribution in [-0.4, -0.2) is 69.6 Å². The van der Waals surface area contributed by atoms with Crippen LogP contribution < -0.4 is 5.32 Å². The van der Waals surface area contributed by atoms with Crippen LogP contribution in [0.2, 0.25) is 5.02 Å². The van der Waals surface area contributed by atoms with Crippen LogP contribution in [-0.2, 0) is 16.1 Å². The van der Waals surface area contributed by atoms with Crippen LogP contribution in [0.1, 0.15) is 5.69 Å². The number of piperazine rings is 1. The normalized spacial score (nSPS) is 15.0. The van der Waals surface area contributed by atoms with Gasteiger partial charge in [0.15, 0.2) is 0 Å². The van der Waals surface area contributed by atoms with E-state index in [0.29, 0.717) is 16.4 Å². The molecule has 0 radical (unpaired) electrons. The van der Waals surface area contributed by atoms with Gasteiger partial charge in [-0.2, -0.15) is 5.10 Å². The highest BCUT2D eigenvalue weighted by molar-refractivity contribution is 6.31. The molecule has 0 aliphatic carbocycles. The average molecular weight is 439 g/mol. The van der Waals surface area contributed by atoms with Gasteiger partial charge in [0.25, 0.3) is 0 Å². The lowest BCUT2D eigenvalue weighted by Gasteiger charge is -2.32. The number of benzene rings is 1. The van der Waals surface area contributed by atoms with Crippen molar-refractivity contribution < 1.29 is 9.59 Å². The number of nitrogens with one attached hydrogen (secondary N) is 1. The summed E-state index contributed by atoms with van der Waals surface area (Å²) in [5, 5.41) is 8.51. The van der Waals surface area contributed by atoms with Crippen LogP contribution in [0.4, 0.5) is 5.69 Å². The quantitative estimate of drug-likeness (QED) is 0.619. The Morgan fingerprint density at radius 3 is 2.74 bits per heavy atom. The third kappa shape index (κ3) is 5.48. The fourth-order valence-corrected chi connectivity index (χ4v) is 3.52. The zero-order valence-electron chi connectivity index (χ0n) is 17.2. The van der Waals surface area contributed by atoms with Gasteiger partial charge in [-0.05, 0) is 31.3 Å². The van der Waals surface area contributed by atoms with E-state index in [1.54, 1.807) is 18.3 Å². The molecule has 9 heteroatoms. The first kappa shape index (κ1) is 21.0. The molecule has 4 rings (SSSR count). The summed E-state index contributed by atoms with van der Waals surface area (Å²) in [4.78, 5) is 33.2. The number of hydrogen-bond acceptors (Lipinski definition) is 5. The van der Waals surface area contributed by atoms with Crippen LogP contribution in [0.5, 0.6) is 0 Å². The molecule has 2 aromatic heterocycles. The fraction of sp³-hybridized carbons (Fsp3) is 0.273. The van der Waals surface area contributed by atoms with Crippen molar-refractivity contribution in [1.82, 2.24) is 24.6 Å². The van der Waals surface area contributed by atoms with Crippen molar-refractivity contribution in [3.63, 3.8) is 0 Å². The van der Waals surface area contributed by atoms with Gasteiger partial charge in [0.05, 0.1) is 23.1 Å². The average Bonchev–Trinajstić information content (AvgIpc) is 3.18. The van der Waals surface area contributed by atoms with E-state index in [9.17, 15) is 9.59 Å². The minimum absolute atomic E-state index is 0.0245. The maximum Gasteiger partial charge on any atom is 0.248 e. The summed E-state index contributed by atoms with van der Waals surface area (Å²) in [6.07, 6.45) is 6.22. The topological polar surface area (TPSA) is 83.4 Å². The zero-order chi connectivity index (χ0) is 21.8. The van der Waals surface area contributed by atoms with E-state index in [-0.39, 0.29) is 18.4 Å². The van der Waals surface area contributed by atoms with Crippen LogP contribution in [0, 0.1) is 0 Å². The van der Waals surface area contributed by atoms with Crippen molar-refractivity contribution >= 4 is 46.1 Å². The van der Waals surface area contributed by atoms with Crippen molar-refractivity contribution in [2.75, 3.05) is 38.5 Å². The first-order valence-corrected chi connectivity index (χ1v) is 10.4. The van der Waals surface area contributed by atoms with Crippen molar-refractivity contribution in [3.8, 4) is 0 Å². The van der Waals surface area contributed by atoms with E-state index in [1.807, 2.05) is 36.2 Å². The van der Waals surface area contributed by atoms with E-state index in [4.69, 9.17) is 11.6 Å². The predicted molar refractivity (Wildman–Crippen MR) is 121 cm³/mol. The Bertz CT molecular complexity index is 1130. The molecule has 1 aliphatic rings. The predicted octanol–water partition coefficient (Wildman–Crippen LogP) is 2.51.